The van der Waals surface area contributed by atoms with Gasteiger partial charge in [0.15, 0.2) is 11.6 Å². The highest BCUT2D eigenvalue weighted by Crippen LogP contribution is 2.32. The van der Waals surface area contributed by atoms with Crippen LogP contribution in [0, 0.1) is 5.82 Å². The maximum atomic E-state index is 13.7. The normalized spacial score (nSPS) is 16.6. The van der Waals surface area contributed by atoms with E-state index in [1.165, 1.54) is 12.1 Å². The van der Waals surface area contributed by atoms with Crippen LogP contribution in [0.15, 0.2) is 12.1 Å². The first-order valence-corrected chi connectivity index (χ1v) is 6.56. The van der Waals surface area contributed by atoms with Crippen molar-refractivity contribution in [1.82, 2.24) is 0 Å². The molecule has 19 heavy (non-hydrogen) atoms. The second-order valence-electron chi connectivity index (χ2n) is 4.92. The Labute approximate surface area is 112 Å². The molecular formula is C14H20FNO3. The molecule has 1 fully saturated rings. The largest absolute Gasteiger partial charge is 0.488 e. The van der Waals surface area contributed by atoms with Crippen molar-refractivity contribution in [3.8, 4) is 11.5 Å². The van der Waals surface area contributed by atoms with Gasteiger partial charge in [0, 0.05) is 25.0 Å². The van der Waals surface area contributed by atoms with Crippen LogP contribution in [0.2, 0.25) is 0 Å². The highest BCUT2D eigenvalue weighted by atomic mass is 19.1. The molecule has 0 saturated carbocycles. The first-order chi connectivity index (χ1) is 9.06. The zero-order chi connectivity index (χ0) is 13.8. The van der Waals surface area contributed by atoms with Crippen LogP contribution in [0.25, 0.3) is 0 Å². The van der Waals surface area contributed by atoms with Crippen molar-refractivity contribution in [3.63, 3.8) is 0 Å². The molecule has 106 valence electrons. The lowest BCUT2D eigenvalue weighted by Crippen LogP contribution is -2.26. The van der Waals surface area contributed by atoms with E-state index in [1.54, 1.807) is 0 Å². The molecule has 1 aliphatic rings. The fourth-order valence-corrected chi connectivity index (χ4v) is 1.97. The molecule has 0 bridgehead atoms. The number of hydrogen-bond acceptors (Lipinski definition) is 4. The molecule has 0 aromatic heterocycles. The molecule has 0 amide bonds. The summed E-state index contributed by atoms with van der Waals surface area (Å²) in [7, 11) is 0. The van der Waals surface area contributed by atoms with E-state index >= 15 is 0 Å². The first kappa shape index (κ1) is 13.9. The summed E-state index contributed by atoms with van der Waals surface area (Å²) in [5, 5.41) is 0. The third kappa shape index (κ3) is 3.73. The van der Waals surface area contributed by atoms with Crippen molar-refractivity contribution in [2.24, 2.45) is 0 Å². The summed E-state index contributed by atoms with van der Waals surface area (Å²) in [5.74, 6) is 0.181. The third-order valence-electron chi connectivity index (χ3n) is 2.89. The van der Waals surface area contributed by atoms with Gasteiger partial charge in [-0.2, -0.15) is 0 Å². The molecule has 0 atom stereocenters. The minimum absolute atomic E-state index is 0.0633. The van der Waals surface area contributed by atoms with Crippen LogP contribution in [-0.4, -0.2) is 25.4 Å². The van der Waals surface area contributed by atoms with Crippen LogP contribution in [0.5, 0.6) is 11.5 Å². The van der Waals surface area contributed by atoms with Gasteiger partial charge < -0.3 is 19.9 Å². The zero-order valence-corrected chi connectivity index (χ0v) is 11.3. The Bertz CT molecular complexity index is 431. The molecule has 1 saturated heterocycles. The number of nitrogens with two attached hydrogens (primary N) is 1. The summed E-state index contributed by atoms with van der Waals surface area (Å²) in [4.78, 5) is 0. The van der Waals surface area contributed by atoms with Crippen LogP contribution < -0.4 is 15.2 Å². The predicted octanol–water partition coefficient (Wildman–Crippen LogP) is 2.75. The number of hydrogen-bond donors (Lipinski definition) is 1. The van der Waals surface area contributed by atoms with Gasteiger partial charge in [0.25, 0.3) is 0 Å². The SMILES string of the molecule is CC(C)Oc1cc(OC2CCOCC2)c(N)cc1F. The molecule has 0 aliphatic carbocycles. The summed E-state index contributed by atoms with van der Waals surface area (Å²) in [6, 6.07) is 2.77. The van der Waals surface area contributed by atoms with Gasteiger partial charge in [0.2, 0.25) is 0 Å². The van der Waals surface area contributed by atoms with Crippen LogP contribution in [0.3, 0.4) is 0 Å². The van der Waals surface area contributed by atoms with Gasteiger partial charge in [-0.05, 0) is 13.8 Å². The Morgan fingerprint density at radius 1 is 1.26 bits per heavy atom. The lowest BCUT2D eigenvalue weighted by molar-refractivity contribution is 0.0257. The number of rotatable bonds is 4. The molecule has 0 radical (unpaired) electrons. The number of ether oxygens (including phenoxy) is 3. The molecule has 2 rings (SSSR count). The second-order valence-corrected chi connectivity index (χ2v) is 4.92. The van der Waals surface area contributed by atoms with Crippen LogP contribution >= 0.6 is 0 Å². The van der Waals surface area contributed by atoms with Crippen LogP contribution in [-0.2, 0) is 4.74 Å². The van der Waals surface area contributed by atoms with Crippen molar-refractivity contribution in [1.29, 1.82) is 0 Å². The Morgan fingerprint density at radius 3 is 2.58 bits per heavy atom. The summed E-state index contributed by atoms with van der Waals surface area (Å²) < 4.78 is 30.2. The average Bonchev–Trinajstić information content (AvgIpc) is 2.36. The molecule has 1 aromatic rings. The van der Waals surface area contributed by atoms with Gasteiger partial charge in [-0.1, -0.05) is 0 Å². The van der Waals surface area contributed by atoms with Crippen LogP contribution in [0.1, 0.15) is 26.7 Å². The fraction of sp³-hybridized carbons (Fsp3) is 0.571. The molecule has 1 heterocycles. The number of benzene rings is 1. The van der Waals surface area contributed by atoms with Gasteiger partial charge >= 0.3 is 0 Å². The fourth-order valence-electron chi connectivity index (χ4n) is 1.97. The molecule has 1 aliphatic heterocycles. The van der Waals surface area contributed by atoms with Gasteiger partial charge in [-0.15, -0.1) is 0 Å². The lowest BCUT2D eigenvalue weighted by atomic mass is 10.1. The molecular weight excluding hydrogens is 249 g/mol. The smallest absolute Gasteiger partial charge is 0.167 e. The van der Waals surface area contributed by atoms with E-state index in [-0.39, 0.29) is 18.0 Å². The van der Waals surface area contributed by atoms with Crippen molar-refractivity contribution in [3.05, 3.63) is 17.9 Å². The van der Waals surface area contributed by atoms with Crippen molar-refractivity contribution >= 4 is 5.69 Å². The molecule has 1 aromatic carbocycles. The predicted molar refractivity (Wildman–Crippen MR) is 71.0 cm³/mol. The number of anilines is 1. The van der Waals surface area contributed by atoms with Gasteiger partial charge in [0.1, 0.15) is 11.9 Å². The standard InChI is InChI=1S/C14H20FNO3/c1-9(2)18-13-8-14(12(16)7-11(13)15)19-10-3-5-17-6-4-10/h7-10H,3-6,16H2,1-2H3. The monoisotopic (exact) mass is 269 g/mol. The summed E-state index contributed by atoms with van der Waals surface area (Å²) >= 11 is 0. The summed E-state index contributed by atoms with van der Waals surface area (Å²) in [6.45, 7) is 5.05. The maximum absolute atomic E-state index is 13.7. The Morgan fingerprint density at radius 2 is 1.95 bits per heavy atom. The highest BCUT2D eigenvalue weighted by molar-refractivity contribution is 5.56. The van der Waals surface area contributed by atoms with E-state index in [0.29, 0.717) is 24.7 Å². The maximum Gasteiger partial charge on any atom is 0.167 e. The van der Waals surface area contributed by atoms with E-state index in [0.717, 1.165) is 12.8 Å². The van der Waals surface area contributed by atoms with Crippen molar-refractivity contribution in [2.75, 3.05) is 18.9 Å². The quantitative estimate of drug-likeness (QED) is 0.854. The van der Waals surface area contributed by atoms with E-state index in [9.17, 15) is 4.39 Å². The van der Waals surface area contributed by atoms with Crippen molar-refractivity contribution in [2.45, 2.75) is 38.9 Å². The van der Waals surface area contributed by atoms with Gasteiger partial charge in [0.05, 0.1) is 25.0 Å². The third-order valence-corrected chi connectivity index (χ3v) is 2.89. The average molecular weight is 269 g/mol. The van der Waals surface area contributed by atoms with E-state index in [4.69, 9.17) is 19.9 Å². The summed E-state index contributed by atoms with van der Waals surface area (Å²) in [5.41, 5.74) is 6.08. The lowest BCUT2D eigenvalue weighted by Gasteiger charge is -2.24. The van der Waals surface area contributed by atoms with E-state index < -0.39 is 5.82 Å². The van der Waals surface area contributed by atoms with Gasteiger partial charge in [-0.3, -0.25) is 0 Å². The molecule has 2 N–H and O–H groups in total. The number of nitrogen functional groups attached to an aromatic ring is 1. The molecule has 0 unspecified atom stereocenters. The molecule has 5 heteroatoms. The van der Waals surface area contributed by atoms with Crippen molar-refractivity contribution < 1.29 is 18.6 Å². The van der Waals surface area contributed by atoms with E-state index in [2.05, 4.69) is 0 Å². The van der Waals surface area contributed by atoms with Gasteiger partial charge in [-0.25, -0.2) is 4.39 Å². The summed E-state index contributed by atoms with van der Waals surface area (Å²) in [6.07, 6.45) is 1.59. The molecule has 0 spiro atoms. The Hall–Kier alpha value is -1.49. The minimum atomic E-state index is -0.467. The van der Waals surface area contributed by atoms with Crippen LogP contribution in [0.4, 0.5) is 10.1 Å². The van der Waals surface area contributed by atoms with E-state index in [1.807, 2.05) is 13.8 Å². The highest BCUT2D eigenvalue weighted by Gasteiger charge is 2.18. The Kier molecular flexibility index (Phi) is 4.47. The first-order valence-electron chi connectivity index (χ1n) is 6.56. The zero-order valence-electron chi connectivity index (χ0n) is 11.3. The second kappa shape index (κ2) is 6.10. The minimum Gasteiger partial charge on any atom is -0.488 e. The molecule has 4 nitrogen and oxygen atoms in total. The number of halogens is 1. The topological polar surface area (TPSA) is 53.7 Å². The Balaban J connectivity index is 2.14.